The predicted octanol–water partition coefficient (Wildman–Crippen LogP) is 2.11. The van der Waals surface area contributed by atoms with Gasteiger partial charge in [0.05, 0.1) is 10.5 Å². The molecule has 2 fully saturated rings. The molecule has 1 spiro atoms. The zero-order valence-electron chi connectivity index (χ0n) is 16.0. The fraction of sp³-hybridized carbons (Fsp3) is 0.632. The van der Waals surface area contributed by atoms with Crippen molar-refractivity contribution in [2.75, 3.05) is 32.6 Å². The fourth-order valence-electron chi connectivity index (χ4n) is 4.03. The Morgan fingerprint density at radius 2 is 2.04 bits per heavy atom. The van der Waals surface area contributed by atoms with E-state index in [2.05, 4.69) is 15.4 Å². The Balaban J connectivity index is 1.75. The largest absolute Gasteiger partial charge is 0.385 e. The molecule has 0 atom stereocenters. The normalized spacial score (nSPS) is 18.6. The van der Waals surface area contributed by atoms with Crippen LogP contribution in [0.25, 0.3) is 0 Å². The summed E-state index contributed by atoms with van der Waals surface area (Å²) in [4.78, 5) is 12.8. The summed E-state index contributed by atoms with van der Waals surface area (Å²) in [5.41, 5.74) is 1.57. The first-order valence-corrected chi connectivity index (χ1v) is 11.0. The van der Waals surface area contributed by atoms with Crippen molar-refractivity contribution >= 4 is 21.6 Å². The van der Waals surface area contributed by atoms with Crippen LogP contribution in [0.5, 0.6) is 0 Å². The van der Waals surface area contributed by atoms with Crippen molar-refractivity contribution in [1.82, 2.24) is 10.0 Å². The van der Waals surface area contributed by atoms with Crippen LogP contribution in [0.2, 0.25) is 0 Å². The molecule has 2 aliphatic carbocycles. The number of nitrogens with one attached hydrogen (secondary N) is 3. The molecule has 2 aliphatic rings. The topological polar surface area (TPSA) is 96.5 Å². The Bertz CT molecular complexity index is 782. The van der Waals surface area contributed by atoms with Gasteiger partial charge in [-0.3, -0.25) is 4.79 Å². The molecule has 0 aliphatic heterocycles. The Hall–Kier alpha value is -1.64. The maximum absolute atomic E-state index is 12.7. The molecule has 3 rings (SSSR count). The lowest BCUT2D eigenvalue weighted by molar-refractivity contribution is 0.0192. The van der Waals surface area contributed by atoms with Gasteiger partial charge >= 0.3 is 0 Å². The van der Waals surface area contributed by atoms with E-state index in [9.17, 15) is 13.2 Å². The number of rotatable bonds is 9. The van der Waals surface area contributed by atoms with E-state index in [4.69, 9.17) is 4.74 Å². The second-order valence-corrected chi connectivity index (χ2v) is 9.51. The molecule has 1 aromatic carbocycles. The number of hydrogen-bond acceptors (Lipinski definition) is 5. The molecule has 0 bridgehead atoms. The van der Waals surface area contributed by atoms with Crippen LogP contribution < -0.4 is 15.4 Å². The standard InChI is InChI=1S/C19H29N3O4S/c1-20-27(24,25)15-5-6-17(22-14-12-19(13-14)7-3-8-19)16(11-15)18(23)21-9-4-10-26-2/h5-6,11,14,20,22H,3-4,7-10,12-13H2,1-2H3,(H,21,23). The number of anilines is 1. The van der Waals surface area contributed by atoms with Gasteiger partial charge in [0, 0.05) is 32.0 Å². The molecule has 3 N–H and O–H groups in total. The van der Waals surface area contributed by atoms with Crippen molar-refractivity contribution in [1.29, 1.82) is 0 Å². The highest BCUT2D eigenvalue weighted by molar-refractivity contribution is 7.89. The summed E-state index contributed by atoms with van der Waals surface area (Å²) in [6.45, 7) is 1.03. The van der Waals surface area contributed by atoms with Crippen LogP contribution in [-0.2, 0) is 14.8 Å². The highest BCUT2D eigenvalue weighted by Gasteiger charge is 2.48. The van der Waals surface area contributed by atoms with E-state index >= 15 is 0 Å². The number of carbonyl (C=O) groups excluding carboxylic acids is 1. The van der Waals surface area contributed by atoms with Gasteiger partial charge in [0.2, 0.25) is 10.0 Å². The zero-order chi connectivity index (χ0) is 19.5. The first-order valence-electron chi connectivity index (χ1n) is 9.50. The summed E-state index contributed by atoms with van der Waals surface area (Å²) in [6.07, 6.45) is 6.87. The van der Waals surface area contributed by atoms with Crippen LogP contribution in [0, 0.1) is 5.41 Å². The van der Waals surface area contributed by atoms with Gasteiger partial charge in [-0.15, -0.1) is 0 Å². The van der Waals surface area contributed by atoms with Gasteiger partial charge in [0.25, 0.3) is 5.91 Å². The molecule has 7 nitrogen and oxygen atoms in total. The summed E-state index contributed by atoms with van der Waals surface area (Å²) in [5, 5.41) is 6.29. The average Bonchev–Trinajstić information content (AvgIpc) is 2.59. The smallest absolute Gasteiger partial charge is 0.253 e. The Morgan fingerprint density at radius 3 is 2.63 bits per heavy atom. The van der Waals surface area contributed by atoms with E-state index < -0.39 is 10.0 Å². The van der Waals surface area contributed by atoms with Crippen LogP contribution in [0.3, 0.4) is 0 Å². The van der Waals surface area contributed by atoms with E-state index in [0.717, 1.165) is 12.8 Å². The molecule has 0 radical (unpaired) electrons. The second-order valence-electron chi connectivity index (χ2n) is 7.62. The van der Waals surface area contributed by atoms with Gasteiger partial charge in [0.15, 0.2) is 0 Å². The SMILES string of the molecule is CNS(=O)(=O)c1ccc(NC2CC3(CCC3)C2)c(C(=O)NCCCOC)c1. The van der Waals surface area contributed by atoms with Crippen LogP contribution >= 0.6 is 0 Å². The number of methoxy groups -OCH3 is 1. The maximum Gasteiger partial charge on any atom is 0.253 e. The summed E-state index contributed by atoms with van der Waals surface area (Å²) in [5.74, 6) is -0.278. The lowest BCUT2D eigenvalue weighted by Gasteiger charge is -2.54. The minimum Gasteiger partial charge on any atom is -0.385 e. The van der Waals surface area contributed by atoms with E-state index in [0.29, 0.717) is 42.3 Å². The average molecular weight is 396 g/mol. The summed E-state index contributed by atoms with van der Waals surface area (Å²) in [6, 6.07) is 5.02. The van der Waals surface area contributed by atoms with E-state index in [-0.39, 0.29) is 10.8 Å². The number of benzene rings is 1. The van der Waals surface area contributed by atoms with Gasteiger partial charge in [-0.25, -0.2) is 13.1 Å². The molecule has 0 heterocycles. The third kappa shape index (κ3) is 4.44. The van der Waals surface area contributed by atoms with Crippen LogP contribution in [0.4, 0.5) is 5.69 Å². The number of hydrogen-bond donors (Lipinski definition) is 3. The minimum atomic E-state index is -3.61. The highest BCUT2D eigenvalue weighted by atomic mass is 32.2. The van der Waals surface area contributed by atoms with Gasteiger partial charge in [-0.2, -0.15) is 0 Å². The molecular formula is C19H29N3O4S. The number of amides is 1. The van der Waals surface area contributed by atoms with Crippen molar-refractivity contribution in [2.24, 2.45) is 5.41 Å². The first-order chi connectivity index (χ1) is 12.9. The van der Waals surface area contributed by atoms with Crippen LogP contribution in [-0.4, -0.2) is 47.7 Å². The molecule has 1 aromatic rings. The maximum atomic E-state index is 12.7. The van der Waals surface area contributed by atoms with Crippen molar-refractivity contribution in [2.45, 2.75) is 49.5 Å². The van der Waals surface area contributed by atoms with Crippen LogP contribution in [0.1, 0.15) is 48.9 Å². The number of ether oxygens (including phenoxy) is 1. The van der Waals surface area contributed by atoms with Crippen molar-refractivity contribution in [3.8, 4) is 0 Å². The quantitative estimate of drug-likeness (QED) is 0.557. The van der Waals surface area contributed by atoms with Gasteiger partial charge in [-0.1, -0.05) is 6.42 Å². The molecule has 150 valence electrons. The van der Waals surface area contributed by atoms with Crippen molar-refractivity contribution < 1.29 is 17.9 Å². The number of carbonyl (C=O) groups is 1. The minimum absolute atomic E-state index is 0.0849. The molecular weight excluding hydrogens is 366 g/mol. The van der Waals surface area contributed by atoms with E-state index in [1.165, 1.54) is 38.4 Å². The second kappa shape index (κ2) is 8.16. The van der Waals surface area contributed by atoms with Crippen LogP contribution in [0.15, 0.2) is 23.1 Å². The lowest BCUT2D eigenvalue weighted by Crippen LogP contribution is -2.49. The number of sulfonamides is 1. The molecule has 0 unspecified atom stereocenters. The lowest BCUT2D eigenvalue weighted by atomic mass is 9.54. The summed E-state index contributed by atoms with van der Waals surface area (Å²) >= 11 is 0. The third-order valence-electron chi connectivity index (χ3n) is 5.76. The molecule has 0 aromatic heterocycles. The third-order valence-corrected chi connectivity index (χ3v) is 7.17. The molecule has 0 saturated heterocycles. The predicted molar refractivity (Wildman–Crippen MR) is 104 cm³/mol. The summed E-state index contributed by atoms with van der Waals surface area (Å²) in [7, 11) is -0.637. The van der Waals surface area contributed by atoms with E-state index in [1.807, 2.05) is 0 Å². The molecule has 27 heavy (non-hydrogen) atoms. The molecule has 1 amide bonds. The van der Waals surface area contributed by atoms with Gasteiger partial charge < -0.3 is 15.4 Å². The zero-order valence-corrected chi connectivity index (χ0v) is 16.8. The Labute approximate surface area is 161 Å². The van der Waals surface area contributed by atoms with Crippen molar-refractivity contribution in [3.63, 3.8) is 0 Å². The Kier molecular flexibility index (Phi) is 6.08. The van der Waals surface area contributed by atoms with Crippen molar-refractivity contribution in [3.05, 3.63) is 23.8 Å². The molecule has 2 saturated carbocycles. The fourth-order valence-corrected chi connectivity index (χ4v) is 4.78. The Morgan fingerprint density at radius 1 is 1.30 bits per heavy atom. The summed E-state index contributed by atoms with van der Waals surface area (Å²) < 4.78 is 31.5. The van der Waals surface area contributed by atoms with Gasteiger partial charge in [0.1, 0.15) is 0 Å². The monoisotopic (exact) mass is 395 g/mol. The first kappa shape index (κ1) is 20.1. The van der Waals surface area contributed by atoms with E-state index in [1.54, 1.807) is 13.2 Å². The highest BCUT2D eigenvalue weighted by Crippen LogP contribution is 2.56. The molecule has 8 heteroatoms. The van der Waals surface area contributed by atoms with Gasteiger partial charge in [-0.05, 0) is 62.8 Å².